The van der Waals surface area contributed by atoms with Crippen LogP contribution in [-0.4, -0.2) is 20.1 Å². The van der Waals surface area contributed by atoms with Gasteiger partial charge in [-0.3, -0.25) is 4.98 Å². The molecule has 0 fully saturated rings. The lowest BCUT2D eigenvalue weighted by atomic mass is 10.0. The number of aliphatic hydroxyl groups is 1. The molecule has 0 amide bonds. The van der Waals surface area contributed by atoms with Crippen LogP contribution in [0.1, 0.15) is 31.0 Å². The third-order valence-corrected chi connectivity index (χ3v) is 5.61. The highest BCUT2D eigenvalue weighted by Crippen LogP contribution is 2.36. The second kappa shape index (κ2) is 8.78. The van der Waals surface area contributed by atoms with Crippen LogP contribution in [0.3, 0.4) is 0 Å². The van der Waals surface area contributed by atoms with Gasteiger partial charge in [0.15, 0.2) is 5.09 Å². The van der Waals surface area contributed by atoms with Crippen LogP contribution in [0.4, 0.5) is 4.39 Å². The molecule has 0 aliphatic heterocycles. The van der Waals surface area contributed by atoms with Crippen molar-refractivity contribution in [1.29, 1.82) is 0 Å². The predicted octanol–water partition coefficient (Wildman–Crippen LogP) is 5.89. The summed E-state index contributed by atoms with van der Waals surface area (Å²) in [5.41, 5.74) is 1.76. The molecule has 8 heteroatoms. The lowest BCUT2D eigenvalue weighted by Gasteiger charge is -2.16. The van der Waals surface area contributed by atoms with Gasteiger partial charge in [0.25, 0.3) is 0 Å². The fraction of sp³-hybridized carbons (Fsp3) is 0.174. The van der Waals surface area contributed by atoms with E-state index in [1.54, 1.807) is 56.6 Å². The first-order chi connectivity index (χ1) is 14.8. The van der Waals surface area contributed by atoms with E-state index in [0.29, 0.717) is 38.8 Å². The van der Waals surface area contributed by atoms with Gasteiger partial charge >= 0.3 is 0 Å². The molecule has 0 saturated carbocycles. The molecule has 0 unspecified atom stereocenters. The van der Waals surface area contributed by atoms with Crippen LogP contribution in [0.15, 0.2) is 75.5 Å². The molecule has 0 aliphatic rings. The first-order valence-electron chi connectivity index (χ1n) is 9.51. The molecule has 0 atom stereocenters. The van der Waals surface area contributed by atoms with Crippen LogP contribution < -0.4 is 0 Å². The quantitative estimate of drug-likeness (QED) is 0.390. The van der Waals surface area contributed by atoms with Crippen molar-refractivity contribution < 1.29 is 13.9 Å². The van der Waals surface area contributed by atoms with Crippen molar-refractivity contribution in [3.63, 3.8) is 0 Å². The maximum Gasteiger partial charge on any atom is 0.200 e. The van der Waals surface area contributed by atoms with E-state index in [4.69, 9.17) is 16.0 Å². The average Bonchev–Trinajstić information content (AvgIpc) is 3.13. The molecule has 0 bridgehead atoms. The maximum atomic E-state index is 13.2. The molecule has 3 aromatic heterocycles. The highest BCUT2D eigenvalue weighted by atomic mass is 35.5. The Morgan fingerprint density at radius 2 is 1.81 bits per heavy atom. The van der Waals surface area contributed by atoms with Gasteiger partial charge in [0, 0.05) is 24.4 Å². The molecular formula is C23H19ClFN3O2S. The minimum Gasteiger partial charge on any atom is -0.433 e. The van der Waals surface area contributed by atoms with E-state index in [0.717, 1.165) is 11.1 Å². The number of benzene rings is 1. The molecule has 0 aliphatic carbocycles. The zero-order valence-electron chi connectivity index (χ0n) is 16.8. The summed E-state index contributed by atoms with van der Waals surface area (Å²) >= 11 is 7.26. The summed E-state index contributed by atoms with van der Waals surface area (Å²) in [6, 6.07) is 13.4. The Morgan fingerprint density at radius 1 is 1.03 bits per heavy atom. The Morgan fingerprint density at radius 3 is 2.42 bits per heavy atom. The Hall–Kier alpha value is -2.74. The largest absolute Gasteiger partial charge is 0.433 e. The molecule has 0 radical (unpaired) electrons. The van der Waals surface area contributed by atoms with E-state index in [1.165, 1.54) is 23.9 Å². The molecule has 0 saturated heterocycles. The van der Waals surface area contributed by atoms with Crippen molar-refractivity contribution in [1.82, 2.24) is 15.0 Å². The fourth-order valence-corrected chi connectivity index (χ4v) is 3.81. The Bertz CT molecular complexity index is 1170. The van der Waals surface area contributed by atoms with E-state index < -0.39 is 5.60 Å². The number of nitrogens with zero attached hydrogens (tertiary/aromatic N) is 3. The van der Waals surface area contributed by atoms with Crippen molar-refractivity contribution in [3.8, 4) is 11.3 Å². The van der Waals surface area contributed by atoms with Gasteiger partial charge in [-0.25, -0.2) is 14.4 Å². The summed E-state index contributed by atoms with van der Waals surface area (Å²) in [7, 11) is 0. The Labute approximate surface area is 188 Å². The van der Waals surface area contributed by atoms with E-state index >= 15 is 0 Å². The second-order valence-corrected chi connectivity index (χ2v) is 8.88. The van der Waals surface area contributed by atoms with Gasteiger partial charge in [-0.1, -0.05) is 23.7 Å². The summed E-state index contributed by atoms with van der Waals surface area (Å²) < 4.78 is 19.3. The van der Waals surface area contributed by atoms with E-state index in [-0.39, 0.29) is 5.82 Å². The number of aromatic nitrogens is 3. The van der Waals surface area contributed by atoms with Gasteiger partial charge in [0.2, 0.25) is 5.89 Å². The van der Waals surface area contributed by atoms with Crippen LogP contribution in [0, 0.1) is 5.82 Å². The molecule has 5 nitrogen and oxygen atoms in total. The minimum absolute atomic E-state index is 0.292. The molecule has 3 heterocycles. The van der Waals surface area contributed by atoms with Gasteiger partial charge < -0.3 is 9.52 Å². The molecule has 158 valence electrons. The fourth-order valence-electron chi connectivity index (χ4n) is 2.87. The van der Waals surface area contributed by atoms with Gasteiger partial charge in [0.05, 0.1) is 10.7 Å². The number of rotatable bonds is 6. The normalized spacial score (nSPS) is 11.6. The standard InChI is InChI=1S/C23H19ClFN3O2S/c1-23(2,29)18-9-5-15(12-26-18)21-22(31-20-10-6-16(24)13-27-20)30-19(28-21)11-14-3-7-17(25)8-4-14/h3-10,12-13,29H,11H2,1-2H3. The smallest absolute Gasteiger partial charge is 0.200 e. The first kappa shape index (κ1) is 21.5. The van der Waals surface area contributed by atoms with Crippen molar-refractivity contribution in [2.24, 2.45) is 0 Å². The number of halogens is 2. The number of hydrogen-bond donors (Lipinski definition) is 1. The van der Waals surface area contributed by atoms with Gasteiger partial charge in [-0.05, 0) is 67.6 Å². The number of hydrogen-bond acceptors (Lipinski definition) is 6. The summed E-state index contributed by atoms with van der Waals surface area (Å²) in [6.45, 7) is 3.36. The molecule has 1 N–H and O–H groups in total. The zero-order chi connectivity index (χ0) is 22.0. The van der Waals surface area contributed by atoms with Crippen molar-refractivity contribution in [3.05, 3.63) is 88.9 Å². The lowest BCUT2D eigenvalue weighted by Crippen LogP contribution is -2.17. The first-order valence-corrected chi connectivity index (χ1v) is 10.7. The average molecular weight is 456 g/mol. The summed E-state index contributed by atoms with van der Waals surface area (Å²) in [6.07, 6.45) is 3.64. The van der Waals surface area contributed by atoms with Crippen LogP contribution in [0.25, 0.3) is 11.3 Å². The maximum absolute atomic E-state index is 13.2. The van der Waals surface area contributed by atoms with Gasteiger partial charge in [-0.2, -0.15) is 0 Å². The third-order valence-electron chi connectivity index (χ3n) is 4.47. The molecular weight excluding hydrogens is 437 g/mol. The summed E-state index contributed by atoms with van der Waals surface area (Å²) in [5, 5.41) is 12.0. The van der Waals surface area contributed by atoms with Crippen molar-refractivity contribution in [2.75, 3.05) is 0 Å². The van der Waals surface area contributed by atoms with Crippen LogP contribution >= 0.6 is 23.4 Å². The molecule has 0 spiro atoms. The molecule has 4 rings (SSSR count). The van der Waals surface area contributed by atoms with Crippen LogP contribution in [-0.2, 0) is 12.0 Å². The SMILES string of the molecule is CC(C)(O)c1ccc(-c2nc(Cc3ccc(F)cc3)oc2Sc2ccc(Cl)cn2)cn1. The topological polar surface area (TPSA) is 72.0 Å². The van der Waals surface area contributed by atoms with Gasteiger partial charge in [0.1, 0.15) is 22.1 Å². The summed E-state index contributed by atoms with van der Waals surface area (Å²) in [4.78, 5) is 13.4. The van der Waals surface area contributed by atoms with E-state index in [2.05, 4.69) is 15.0 Å². The minimum atomic E-state index is -1.04. The highest BCUT2D eigenvalue weighted by molar-refractivity contribution is 7.99. The van der Waals surface area contributed by atoms with E-state index in [9.17, 15) is 9.50 Å². The monoisotopic (exact) mass is 455 g/mol. The Kier molecular flexibility index (Phi) is 6.09. The van der Waals surface area contributed by atoms with Crippen LogP contribution in [0.5, 0.6) is 0 Å². The predicted molar refractivity (Wildman–Crippen MR) is 118 cm³/mol. The second-order valence-electron chi connectivity index (χ2n) is 7.45. The van der Waals surface area contributed by atoms with Gasteiger partial charge in [-0.15, -0.1) is 0 Å². The molecule has 31 heavy (non-hydrogen) atoms. The van der Waals surface area contributed by atoms with Crippen molar-refractivity contribution in [2.45, 2.75) is 36.0 Å². The van der Waals surface area contributed by atoms with Crippen LogP contribution in [0.2, 0.25) is 5.02 Å². The Balaban J connectivity index is 1.69. The molecule has 4 aromatic rings. The van der Waals surface area contributed by atoms with E-state index in [1.807, 2.05) is 6.07 Å². The number of pyridine rings is 2. The summed E-state index contributed by atoms with van der Waals surface area (Å²) in [5.74, 6) is 0.199. The highest BCUT2D eigenvalue weighted by Gasteiger charge is 2.21. The zero-order valence-corrected chi connectivity index (χ0v) is 18.4. The molecule has 1 aromatic carbocycles. The third kappa shape index (κ3) is 5.31. The lowest BCUT2D eigenvalue weighted by molar-refractivity contribution is 0.0739. The number of oxazole rings is 1. The van der Waals surface area contributed by atoms with Crippen molar-refractivity contribution >= 4 is 23.4 Å².